The monoisotopic (exact) mass is 313 g/mol. The zero-order chi connectivity index (χ0) is 14.7. The second-order valence-corrected chi connectivity index (χ2v) is 5.28. The van der Waals surface area contributed by atoms with Crippen molar-refractivity contribution in [3.63, 3.8) is 0 Å². The molecule has 1 aromatic carbocycles. The van der Waals surface area contributed by atoms with Gasteiger partial charge in [0.05, 0.1) is 4.92 Å². The Morgan fingerprint density at radius 2 is 2.19 bits per heavy atom. The van der Waals surface area contributed by atoms with Crippen molar-refractivity contribution in [3.05, 3.63) is 39.4 Å². The van der Waals surface area contributed by atoms with Crippen LogP contribution in [0, 0.1) is 23.0 Å². The van der Waals surface area contributed by atoms with Crippen molar-refractivity contribution in [2.45, 2.75) is 13.3 Å². The van der Waals surface area contributed by atoms with Gasteiger partial charge >= 0.3 is 0 Å². The van der Waals surface area contributed by atoms with E-state index in [-0.39, 0.29) is 24.0 Å². The quantitative estimate of drug-likeness (QED) is 0.681. The lowest BCUT2D eigenvalue weighted by molar-refractivity contribution is -0.384. The Morgan fingerprint density at radius 3 is 2.81 bits per heavy atom. The van der Waals surface area contributed by atoms with E-state index in [0.717, 1.165) is 18.5 Å². The Bertz CT molecular complexity index is 536. The summed E-state index contributed by atoms with van der Waals surface area (Å²) in [6.45, 7) is 4.07. The SMILES string of the molecule is CNCC1CCN(C(=O)c2cc(C)cc([N+](=O)[O-])c2)C1.Cl. The largest absolute Gasteiger partial charge is 0.338 e. The third-order valence-corrected chi connectivity index (χ3v) is 3.59. The topological polar surface area (TPSA) is 75.5 Å². The summed E-state index contributed by atoms with van der Waals surface area (Å²) < 4.78 is 0. The van der Waals surface area contributed by atoms with Crippen LogP contribution < -0.4 is 5.32 Å². The Kier molecular flexibility index (Phi) is 6.11. The normalized spacial score (nSPS) is 17.4. The van der Waals surface area contributed by atoms with Crippen molar-refractivity contribution in [2.24, 2.45) is 5.92 Å². The van der Waals surface area contributed by atoms with Crippen molar-refractivity contribution in [1.82, 2.24) is 10.2 Å². The molecule has 0 aliphatic carbocycles. The van der Waals surface area contributed by atoms with Crippen LogP contribution in [0.1, 0.15) is 22.3 Å². The molecule has 1 fully saturated rings. The van der Waals surface area contributed by atoms with Gasteiger partial charge in [-0.15, -0.1) is 12.4 Å². The maximum Gasteiger partial charge on any atom is 0.270 e. The molecule has 1 atom stereocenters. The minimum Gasteiger partial charge on any atom is -0.338 e. The highest BCUT2D eigenvalue weighted by Crippen LogP contribution is 2.22. The maximum absolute atomic E-state index is 12.4. The average Bonchev–Trinajstić information content (AvgIpc) is 2.86. The molecular formula is C14H20ClN3O3. The number of amides is 1. The van der Waals surface area contributed by atoms with Crippen LogP contribution in [0.3, 0.4) is 0 Å². The van der Waals surface area contributed by atoms with Crippen LogP contribution in [-0.2, 0) is 0 Å². The number of carbonyl (C=O) groups is 1. The third-order valence-electron chi connectivity index (χ3n) is 3.59. The molecule has 21 heavy (non-hydrogen) atoms. The number of nitro groups is 1. The van der Waals surface area contributed by atoms with Crippen molar-refractivity contribution in [3.8, 4) is 0 Å². The summed E-state index contributed by atoms with van der Waals surface area (Å²) in [5, 5.41) is 14.0. The van der Waals surface area contributed by atoms with Gasteiger partial charge in [-0.1, -0.05) is 0 Å². The number of non-ortho nitro benzene ring substituents is 1. The van der Waals surface area contributed by atoms with E-state index in [1.165, 1.54) is 12.1 Å². The minimum absolute atomic E-state index is 0. The Hall–Kier alpha value is -1.66. The lowest BCUT2D eigenvalue weighted by Gasteiger charge is -2.16. The van der Waals surface area contributed by atoms with Crippen LogP contribution in [0.25, 0.3) is 0 Å². The molecule has 1 aromatic rings. The Labute approximate surface area is 130 Å². The number of hydrogen-bond donors (Lipinski definition) is 1. The predicted octanol–water partition coefficient (Wildman–Crippen LogP) is 2.01. The van der Waals surface area contributed by atoms with Gasteiger partial charge in [-0.2, -0.15) is 0 Å². The molecule has 1 aliphatic rings. The van der Waals surface area contributed by atoms with Gasteiger partial charge in [0, 0.05) is 30.8 Å². The Balaban J connectivity index is 0.00000220. The van der Waals surface area contributed by atoms with Gasteiger partial charge in [-0.3, -0.25) is 14.9 Å². The predicted molar refractivity (Wildman–Crippen MR) is 83.0 cm³/mol. The second-order valence-electron chi connectivity index (χ2n) is 5.28. The molecule has 1 aliphatic heterocycles. The lowest BCUT2D eigenvalue weighted by Crippen LogP contribution is -2.30. The Morgan fingerprint density at radius 1 is 1.48 bits per heavy atom. The highest BCUT2D eigenvalue weighted by atomic mass is 35.5. The number of nitro benzene ring substituents is 1. The standard InChI is InChI=1S/C14H19N3O3.ClH/c1-10-5-12(7-13(6-10)17(19)20)14(18)16-4-3-11(9-16)8-15-2;/h5-7,11,15H,3-4,8-9H2,1-2H3;1H. The zero-order valence-corrected chi connectivity index (χ0v) is 13.0. The van der Waals surface area contributed by atoms with Crippen LogP contribution >= 0.6 is 12.4 Å². The lowest BCUT2D eigenvalue weighted by atomic mass is 10.1. The third kappa shape index (κ3) is 4.15. The fourth-order valence-electron chi connectivity index (χ4n) is 2.65. The van der Waals surface area contributed by atoms with E-state index in [9.17, 15) is 14.9 Å². The number of nitrogens with zero attached hydrogens (tertiary/aromatic N) is 2. The van der Waals surface area contributed by atoms with Crippen molar-refractivity contribution in [1.29, 1.82) is 0 Å². The molecule has 2 rings (SSSR count). The molecule has 6 nitrogen and oxygen atoms in total. The number of halogens is 1. The number of rotatable bonds is 4. The summed E-state index contributed by atoms with van der Waals surface area (Å²) in [4.78, 5) is 24.6. The van der Waals surface area contributed by atoms with Crippen molar-refractivity contribution < 1.29 is 9.72 Å². The summed E-state index contributed by atoms with van der Waals surface area (Å²) in [5.74, 6) is 0.346. The fourth-order valence-corrected chi connectivity index (χ4v) is 2.65. The van der Waals surface area contributed by atoms with E-state index in [0.29, 0.717) is 24.6 Å². The number of aryl methyl sites for hydroxylation is 1. The summed E-state index contributed by atoms with van der Waals surface area (Å²) in [6, 6.07) is 4.55. The molecule has 0 saturated carbocycles. The number of likely N-dealkylation sites (tertiary alicyclic amines) is 1. The number of carbonyl (C=O) groups excluding carboxylic acids is 1. The molecule has 0 spiro atoms. The van der Waals surface area contributed by atoms with E-state index in [2.05, 4.69) is 5.32 Å². The van der Waals surface area contributed by atoms with Gasteiger partial charge in [-0.25, -0.2) is 0 Å². The van der Waals surface area contributed by atoms with Gasteiger partial charge in [0.25, 0.3) is 11.6 Å². The summed E-state index contributed by atoms with van der Waals surface area (Å²) >= 11 is 0. The van der Waals surface area contributed by atoms with Crippen LogP contribution in [-0.4, -0.2) is 42.4 Å². The molecule has 1 heterocycles. The molecule has 1 unspecified atom stereocenters. The van der Waals surface area contributed by atoms with E-state index >= 15 is 0 Å². The molecule has 1 saturated heterocycles. The van der Waals surface area contributed by atoms with Crippen LogP contribution in [0.4, 0.5) is 5.69 Å². The van der Waals surface area contributed by atoms with Crippen LogP contribution in [0.5, 0.6) is 0 Å². The van der Waals surface area contributed by atoms with E-state index in [1.54, 1.807) is 17.9 Å². The zero-order valence-electron chi connectivity index (χ0n) is 12.2. The molecule has 0 bridgehead atoms. The van der Waals surface area contributed by atoms with Crippen molar-refractivity contribution in [2.75, 3.05) is 26.7 Å². The van der Waals surface area contributed by atoms with Crippen LogP contribution in [0.15, 0.2) is 18.2 Å². The fraction of sp³-hybridized carbons (Fsp3) is 0.500. The van der Waals surface area contributed by atoms with Crippen molar-refractivity contribution >= 4 is 24.0 Å². The molecule has 116 valence electrons. The van der Waals surface area contributed by atoms with Gasteiger partial charge in [-0.05, 0) is 44.5 Å². The first-order chi connectivity index (χ1) is 9.51. The molecule has 0 radical (unpaired) electrons. The average molecular weight is 314 g/mol. The maximum atomic E-state index is 12.4. The molecule has 0 aromatic heterocycles. The number of nitrogens with one attached hydrogen (secondary N) is 1. The summed E-state index contributed by atoms with van der Waals surface area (Å²) in [5.41, 5.74) is 1.11. The van der Waals surface area contributed by atoms with E-state index < -0.39 is 4.92 Å². The van der Waals surface area contributed by atoms with E-state index in [4.69, 9.17) is 0 Å². The highest BCUT2D eigenvalue weighted by molar-refractivity contribution is 5.95. The van der Waals surface area contributed by atoms with Gasteiger partial charge in [0.1, 0.15) is 0 Å². The smallest absolute Gasteiger partial charge is 0.270 e. The van der Waals surface area contributed by atoms with E-state index in [1.807, 2.05) is 7.05 Å². The first kappa shape index (κ1) is 17.4. The van der Waals surface area contributed by atoms with Gasteiger partial charge < -0.3 is 10.2 Å². The van der Waals surface area contributed by atoms with Gasteiger partial charge in [0.2, 0.25) is 0 Å². The minimum atomic E-state index is -0.461. The number of benzene rings is 1. The highest BCUT2D eigenvalue weighted by Gasteiger charge is 2.27. The molecule has 1 amide bonds. The van der Waals surface area contributed by atoms with Gasteiger partial charge in [0.15, 0.2) is 0 Å². The first-order valence-electron chi connectivity index (χ1n) is 6.71. The van der Waals surface area contributed by atoms with Crippen LogP contribution in [0.2, 0.25) is 0 Å². The summed E-state index contributed by atoms with van der Waals surface area (Å²) in [6.07, 6.45) is 0.973. The molecule has 1 N–H and O–H groups in total. The summed E-state index contributed by atoms with van der Waals surface area (Å²) in [7, 11) is 1.90. The second kappa shape index (κ2) is 7.38. The molecular weight excluding hydrogens is 294 g/mol. The molecule has 7 heteroatoms. The number of hydrogen-bond acceptors (Lipinski definition) is 4. The first-order valence-corrected chi connectivity index (χ1v) is 6.71.